The lowest BCUT2D eigenvalue weighted by Gasteiger charge is -2.25. The van der Waals surface area contributed by atoms with Crippen LogP contribution in [0.5, 0.6) is 0 Å². The Morgan fingerprint density at radius 3 is 2.65 bits per heavy atom. The summed E-state index contributed by atoms with van der Waals surface area (Å²) in [6, 6.07) is 9.18. The number of fused-ring (bicyclic) bond motifs is 1. The molecule has 7 nitrogen and oxygen atoms in total. The first kappa shape index (κ1) is 24.1. The van der Waals surface area contributed by atoms with Gasteiger partial charge in [0.15, 0.2) is 0 Å². The lowest BCUT2D eigenvalue weighted by molar-refractivity contribution is -0.139. The summed E-state index contributed by atoms with van der Waals surface area (Å²) in [5, 5.41) is 8.30. The molecule has 4 rings (SSSR count). The van der Waals surface area contributed by atoms with Gasteiger partial charge in [-0.3, -0.25) is 0 Å². The molecule has 2 amide bonds. The number of hydrogen-bond acceptors (Lipinski definition) is 5. The van der Waals surface area contributed by atoms with Crippen molar-refractivity contribution in [2.24, 2.45) is 11.0 Å². The molecule has 2 atom stereocenters. The van der Waals surface area contributed by atoms with Crippen LogP contribution in [0.4, 0.5) is 10.5 Å². The second-order valence-corrected chi connectivity index (χ2v) is 10.1. The van der Waals surface area contributed by atoms with Gasteiger partial charge in [-0.2, -0.15) is 5.10 Å². The number of benzene rings is 1. The summed E-state index contributed by atoms with van der Waals surface area (Å²) in [4.78, 5) is 25.1. The molecule has 0 bridgehead atoms. The molecule has 1 aliphatic carbocycles. The summed E-state index contributed by atoms with van der Waals surface area (Å²) in [5.74, 6) is 0.0508. The number of amides is 2. The normalized spacial score (nSPS) is 19.9. The van der Waals surface area contributed by atoms with E-state index in [-0.39, 0.29) is 11.9 Å². The van der Waals surface area contributed by atoms with Crippen molar-refractivity contribution in [3.63, 3.8) is 0 Å². The molecule has 1 aromatic carbocycles. The topological polar surface area (TPSA) is 84.7 Å². The number of urea groups is 1. The average Bonchev–Trinajstić information content (AvgIpc) is 3.32. The van der Waals surface area contributed by atoms with E-state index >= 15 is 0 Å². The summed E-state index contributed by atoms with van der Waals surface area (Å²) in [6.45, 7) is 8.25. The van der Waals surface area contributed by atoms with Gasteiger partial charge in [0.2, 0.25) is 0 Å². The minimum absolute atomic E-state index is 0.198. The smallest absolute Gasteiger partial charge is 0.339 e. The number of carbonyl (C=O) groups excluding carboxylic acids is 2. The molecular formula is C26H32N4O3S. The molecule has 8 heteroatoms. The molecule has 1 saturated carbocycles. The second-order valence-electron chi connectivity index (χ2n) is 8.84. The molecule has 0 saturated heterocycles. The first-order valence-corrected chi connectivity index (χ1v) is 12.7. The third-order valence-corrected chi connectivity index (χ3v) is 7.91. The highest BCUT2D eigenvalue weighted by Gasteiger charge is 2.42. The van der Waals surface area contributed by atoms with E-state index in [1.807, 2.05) is 58.0 Å². The summed E-state index contributed by atoms with van der Waals surface area (Å²) in [5.41, 5.74) is 8.05. The minimum atomic E-state index is -0.406. The number of rotatable bonds is 6. The molecule has 0 radical (unpaired) electrons. The predicted molar refractivity (Wildman–Crippen MR) is 138 cm³/mol. The average molecular weight is 481 g/mol. The van der Waals surface area contributed by atoms with Crippen LogP contribution in [-0.2, 0) is 9.53 Å². The van der Waals surface area contributed by atoms with Crippen molar-refractivity contribution in [2.45, 2.75) is 58.6 Å². The third-order valence-electron chi connectivity index (χ3n) is 6.41. The van der Waals surface area contributed by atoms with Gasteiger partial charge in [0.25, 0.3) is 0 Å². The number of nitrogens with zero attached hydrogens (tertiary/aromatic N) is 2. The van der Waals surface area contributed by atoms with E-state index in [1.165, 1.54) is 6.42 Å². The van der Waals surface area contributed by atoms with Crippen LogP contribution in [0.3, 0.4) is 0 Å². The Morgan fingerprint density at radius 2 is 1.91 bits per heavy atom. The Balaban J connectivity index is 1.54. The van der Waals surface area contributed by atoms with Crippen molar-refractivity contribution in [3.8, 4) is 0 Å². The van der Waals surface area contributed by atoms with Gasteiger partial charge in [0, 0.05) is 33.8 Å². The van der Waals surface area contributed by atoms with Crippen LogP contribution >= 0.6 is 11.8 Å². The molecule has 34 heavy (non-hydrogen) atoms. The Hall–Kier alpha value is -3.00. The van der Waals surface area contributed by atoms with Crippen LogP contribution in [0.2, 0.25) is 0 Å². The minimum Gasteiger partial charge on any atom is -0.463 e. The van der Waals surface area contributed by atoms with Crippen molar-refractivity contribution >= 4 is 40.7 Å². The molecule has 2 unspecified atom stereocenters. The Morgan fingerprint density at radius 1 is 1.18 bits per heavy atom. The van der Waals surface area contributed by atoms with Crippen molar-refractivity contribution in [1.82, 2.24) is 9.99 Å². The van der Waals surface area contributed by atoms with E-state index in [1.54, 1.807) is 18.0 Å². The highest BCUT2D eigenvalue weighted by atomic mass is 32.2. The number of thioether (sulfide) groups is 1. The lowest BCUT2D eigenvalue weighted by atomic mass is 9.84. The zero-order valence-corrected chi connectivity index (χ0v) is 21.0. The van der Waals surface area contributed by atoms with Crippen LogP contribution in [0.15, 0.2) is 41.0 Å². The fraction of sp³-hybridized carbons (Fsp3) is 0.423. The number of hydrogen-bond donors (Lipinski definition) is 2. The van der Waals surface area contributed by atoms with E-state index in [9.17, 15) is 9.59 Å². The molecule has 2 aromatic rings. The van der Waals surface area contributed by atoms with Crippen molar-refractivity contribution in [1.29, 1.82) is 0 Å². The van der Waals surface area contributed by atoms with Crippen LogP contribution in [0.25, 0.3) is 5.03 Å². The zero-order valence-electron chi connectivity index (χ0n) is 20.2. The largest absolute Gasteiger partial charge is 0.463 e. The van der Waals surface area contributed by atoms with E-state index in [0.717, 1.165) is 52.4 Å². The number of aryl methyl sites for hydroxylation is 2. The molecule has 1 fully saturated rings. The maximum Gasteiger partial charge on any atom is 0.339 e. The molecule has 2 N–H and O–H groups in total. The highest BCUT2D eigenvalue weighted by Crippen LogP contribution is 2.52. The first-order chi connectivity index (χ1) is 16.4. The molecule has 0 spiro atoms. The van der Waals surface area contributed by atoms with Gasteiger partial charge >= 0.3 is 12.0 Å². The summed E-state index contributed by atoms with van der Waals surface area (Å²) < 4.78 is 7.60. The third kappa shape index (κ3) is 5.06. The SMILES string of the molecule is CCOC(=O)C1=C(n2c(C)cc(C=NNC(=O)Nc3ccc(C)cc3)c2C)SC2CCCCC12. The van der Waals surface area contributed by atoms with Gasteiger partial charge in [-0.05, 0) is 58.7 Å². The fourth-order valence-corrected chi connectivity index (χ4v) is 6.50. The molecular weight excluding hydrogens is 448 g/mol. The molecule has 180 valence electrons. The number of nitrogens with one attached hydrogen (secondary N) is 2. The van der Waals surface area contributed by atoms with Gasteiger partial charge in [-0.25, -0.2) is 15.0 Å². The molecule has 1 aliphatic heterocycles. The predicted octanol–water partition coefficient (Wildman–Crippen LogP) is 5.61. The molecule has 2 aliphatic rings. The quantitative estimate of drug-likeness (QED) is 0.320. The van der Waals surface area contributed by atoms with E-state index in [0.29, 0.717) is 17.5 Å². The summed E-state index contributed by atoms with van der Waals surface area (Å²) in [7, 11) is 0. The monoisotopic (exact) mass is 480 g/mol. The van der Waals surface area contributed by atoms with Gasteiger partial charge in [-0.1, -0.05) is 30.5 Å². The number of esters is 1. The van der Waals surface area contributed by atoms with Crippen molar-refractivity contribution in [3.05, 3.63) is 58.4 Å². The molecule has 2 heterocycles. The number of anilines is 1. The Labute approximate surface area is 205 Å². The number of carbonyl (C=O) groups is 2. The number of ether oxygens (including phenoxy) is 1. The Bertz CT molecular complexity index is 1130. The van der Waals surface area contributed by atoms with Crippen LogP contribution in [0, 0.1) is 26.7 Å². The number of hydrazone groups is 1. The summed E-state index contributed by atoms with van der Waals surface area (Å²) in [6.07, 6.45) is 6.15. The fourth-order valence-electron chi connectivity index (χ4n) is 4.74. The first-order valence-electron chi connectivity index (χ1n) is 11.8. The van der Waals surface area contributed by atoms with E-state index < -0.39 is 6.03 Å². The lowest BCUT2D eigenvalue weighted by Crippen LogP contribution is -2.24. The number of aromatic nitrogens is 1. The molecule has 1 aromatic heterocycles. The van der Waals surface area contributed by atoms with E-state index in [2.05, 4.69) is 20.4 Å². The maximum absolute atomic E-state index is 12.9. The zero-order chi connectivity index (χ0) is 24.2. The summed E-state index contributed by atoms with van der Waals surface area (Å²) >= 11 is 1.80. The van der Waals surface area contributed by atoms with Gasteiger partial charge in [0.1, 0.15) is 0 Å². The van der Waals surface area contributed by atoms with Gasteiger partial charge in [0.05, 0.1) is 23.4 Å². The van der Waals surface area contributed by atoms with Crippen LogP contribution in [-0.4, -0.2) is 34.6 Å². The highest BCUT2D eigenvalue weighted by molar-refractivity contribution is 8.08. The van der Waals surface area contributed by atoms with Crippen LogP contribution in [0.1, 0.15) is 55.1 Å². The van der Waals surface area contributed by atoms with Gasteiger partial charge in [-0.15, -0.1) is 11.8 Å². The van der Waals surface area contributed by atoms with Crippen molar-refractivity contribution < 1.29 is 14.3 Å². The van der Waals surface area contributed by atoms with Crippen molar-refractivity contribution in [2.75, 3.05) is 11.9 Å². The van der Waals surface area contributed by atoms with Gasteiger partial charge < -0.3 is 14.6 Å². The van der Waals surface area contributed by atoms with E-state index in [4.69, 9.17) is 4.74 Å². The van der Waals surface area contributed by atoms with Crippen LogP contribution < -0.4 is 10.7 Å². The maximum atomic E-state index is 12.9. The standard InChI is InChI=1S/C26H32N4O3S/c1-5-33-25(31)23-21-8-6-7-9-22(21)34-24(23)30-17(3)14-19(18(30)4)15-27-29-26(32)28-20-12-10-16(2)11-13-20/h10-15,21-22H,5-9H2,1-4H3,(H2,28,29,32). The second kappa shape index (κ2) is 10.5. The Kier molecular flexibility index (Phi) is 7.46.